The van der Waals surface area contributed by atoms with Crippen molar-refractivity contribution >= 4 is 31.3 Å². The van der Waals surface area contributed by atoms with Crippen molar-refractivity contribution in [3.8, 4) is 11.5 Å². The first-order chi connectivity index (χ1) is 19.8. The molecule has 12 nitrogen and oxygen atoms in total. The Labute approximate surface area is 238 Å². The number of nitrogens with two attached hydrogens (primary N) is 2. The smallest absolute Gasteiger partial charge is 0.475 e. The maximum absolute atomic E-state index is 14.4. The number of nitrogens with zero attached hydrogens (tertiary/aromatic N) is 1. The van der Waals surface area contributed by atoms with Crippen LogP contribution in [0.2, 0.25) is 0 Å². The standard InChI is InChI=1S/C24H27N4O6P.C2HF3O2/c1-31-16-17-32-24(29)28-22(18-12-14-19(15-13-18)27-23(25)26)35(30,33-20-8-4-2-5-9-20)34-21-10-6-3-7-11-21;3-2(4,5)1(6)7/h2-15,22H,16-17H2,1H3,(H,28,29)(H4,25,26,27);(H,6,7). The van der Waals surface area contributed by atoms with E-state index in [4.69, 9.17) is 39.9 Å². The van der Waals surface area contributed by atoms with E-state index in [0.717, 1.165) is 0 Å². The zero-order chi connectivity index (χ0) is 31.2. The zero-order valence-corrected chi connectivity index (χ0v) is 23.0. The van der Waals surface area contributed by atoms with Gasteiger partial charge in [-0.2, -0.15) is 13.2 Å². The molecule has 0 aliphatic rings. The number of carboxylic acid groups (broad SMARTS) is 1. The van der Waals surface area contributed by atoms with Crippen LogP contribution in [0.15, 0.2) is 89.9 Å². The number of aliphatic carboxylic acids is 1. The second-order valence-electron chi connectivity index (χ2n) is 7.96. The van der Waals surface area contributed by atoms with Gasteiger partial charge in [-0.15, -0.1) is 0 Å². The topological polar surface area (TPSA) is 185 Å². The molecular weight excluding hydrogens is 584 g/mol. The SMILES string of the molecule is COCCOC(=O)NC(c1ccc(N=C(N)N)cc1)P(=O)(Oc1ccccc1)Oc1ccccc1.O=C(O)C(F)(F)F. The normalized spacial score (nSPS) is 11.6. The van der Waals surface area contributed by atoms with E-state index >= 15 is 0 Å². The second-order valence-corrected chi connectivity index (χ2v) is 9.92. The van der Waals surface area contributed by atoms with Crippen LogP contribution in [0.25, 0.3) is 0 Å². The van der Waals surface area contributed by atoms with Crippen molar-refractivity contribution in [3.63, 3.8) is 0 Å². The third-order valence-electron chi connectivity index (χ3n) is 4.75. The van der Waals surface area contributed by atoms with E-state index in [1.807, 2.05) is 0 Å². The van der Waals surface area contributed by atoms with Crippen LogP contribution in [0.1, 0.15) is 11.3 Å². The van der Waals surface area contributed by atoms with Crippen LogP contribution in [-0.4, -0.2) is 49.6 Å². The van der Waals surface area contributed by atoms with Crippen molar-refractivity contribution in [2.24, 2.45) is 16.5 Å². The Hall–Kier alpha value is -4.75. The highest BCUT2D eigenvalue weighted by molar-refractivity contribution is 7.55. The van der Waals surface area contributed by atoms with Crippen LogP contribution >= 0.6 is 7.60 Å². The predicted molar refractivity (Wildman–Crippen MR) is 146 cm³/mol. The summed E-state index contributed by atoms with van der Waals surface area (Å²) in [6, 6.07) is 23.5. The van der Waals surface area contributed by atoms with Gasteiger partial charge in [-0.05, 0) is 42.0 Å². The molecule has 0 aliphatic carbocycles. The number of guanidine groups is 1. The summed E-state index contributed by atoms with van der Waals surface area (Å²) in [5, 5.41) is 9.74. The summed E-state index contributed by atoms with van der Waals surface area (Å²) in [6.45, 7) is 0.200. The molecule has 3 aromatic carbocycles. The molecule has 42 heavy (non-hydrogen) atoms. The van der Waals surface area contributed by atoms with E-state index in [-0.39, 0.29) is 19.2 Å². The molecule has 0 aliphatic heterocycles. The van der Waals surface area contributed by atoms with E-state index in [0.29, 0.717) is 22.7 Å². The Kier molecular flexibility index (Phi) is 12.7. The van der Waals surface area contributed by atoms with Gasteiger partial charge in [0.05, 0.1) is 12.3 Å². The zero-order valence-electron chi connectivity index (χ0n) is 22.1. The van der Waals surface area contributed by atoms with Crippen LogP contribution in [0.3, 0.4) is 0 Å². The van der Waals surface area contributed by atoms with E-state index in [9.17, 15) is 22.5 Å². The molecule has 0 aromatic heterocycles. The largest absolute Gasteiger partial charge is 0.490 e. The summed E-state index contributed by atoms with van der Waals surface area (Å²) >= 11 is 0. The number of alkyl carbamates (subject to hydrolysis) is 1. The number of nitrogens with one attached hydrogen (secondary N) is 1. The lowest BCUT2D eigenvalue weighted by Gasteiger charge is -2.28. The molecule has 0 spiro atoms. The number of benzene rings is 3. The molecule has 0 saturated heterocycles. The predicted octanol–water partition coefficient (Wildman–Crippen LogP) is 4.95. The summed E-state index contributed by atoms with van der Waals surface area (Å²) in [6.07, 6.45) is -5.91. The van der Waals surface area contributed by atoms with Gasteiger partial charge < -0.3 is 40.4 Å². The molecule has 0 fully saturated rings. The van der Waals surface area contributed by atoms with Gasteiger partial charge in [-0.3, -0.25) is 0 Å². The van der Waals surface area contributed by atoms with Crippen molar-refractivity contribution in [1.82, 2.24) is 5.32 Å². The van der Waals surface area contributed by atoms with E-state index in [2.05, 4.69) is 10.3 Å². The summed E-state index contributed by atoms with van der Waals surface area (Å²) in [4.78, 5) is 25.5. The van der Waals surface area contributed by atoms with Crippen molar-refractivity contribution in [3.05, 3.63) is 90.5 Å². The Morgan fingerprint density at radius 2 is 1.38 bits per heavy atom. The fourth-order valence-corrected chi connectivity index (χ4v) is 4.86. The maximum atomic E-state index is 14.4. The molecular formula is C26H28F3N4O8P. The number of halogens is 3. The Morgan fingerprint density at radius 3 is 1.79 bits per heavy atom. The average Bonchev–Trinajstić information content (AvgIpc) is 2.93. The van der Waals surface area contributed by atoms with Crippen molar-refractivity contribution in [1.29, 1.82) is 0 Å². The number of carbonyl (C=O) groups is 2. The van der Waals surface area contributed by atoms with Gasteiger partial charge in [0.1, 0.15) is 18.1 Å². The number of carbonyl (C=O) groups excluding carboxylic acids is 1. The van der Waals surface area contributed by atoms with Crippen LogP contribution in [-0.2, 0) is 18.8 Å². The molecule has 226 valence electrons. The first kappa shape index (κ1) is 33.5. The summed E-state index contributed by atoms with van der Waals surface area (Å²) in [5.41, 5.74) is 11.8. The molecule has 3 rings (SSSR count). The van der Waals surface area contributed by atoms with Gasteiger partial charge in [0.2, 0.25) is 0 Å². The lowest BCUT2D eigenvalue weighted by Crippen LogP contribution is -2.32. The molecule has 0 radical (unpaired) electrons. The minimum absolute atomic E-state index is 0.00185. The quantitative estimate of drug-likeness (QED) is 0.1000. The molecule has 0 saturated carbocycles. The number of rotatable bonds is 11. The molecule has 0 heterocycles. The number of hydrogen-bond acceptors (Lipinski definition) is 8. The second kappa shape index (κ2) is 15.9. The summed E-state index contributed by atoms with van der Waals surface area (Å²) < 4.78 is 68.0. The number of ether oxygens (including phenoxy) is 2. The van der Waals surface area contributed by atoms with E-state index in [1.54, 1.807) is 84.9 Å². The number of carboxylic acids is 1. The van der Waals surface area contributed by atoms with Crippen LogP contribution in [0, 0.1) is 0 Å². The van der Waals surface area contributed by atoms with Crippen LogP contribution in [0.5, 0.6) is 11.5 Å². The van der Waals surface area contributed by atoms with Gasteiger partial charge >= 0.3 is 25.8 Å². The van der Waals surface area contributed by atoms with Gasteiger partial charge in [0.15, 0.2) is 11.7 Å². The number of para-hydroxylation sites is 2. The highest BCUT2D eigenvalue weighted by Gasteiger charge is 2.42. The van der Waals surface area contributed by atoms with Crippen molar-refractivity contribution in [2.75, 3.05) is 20.3 Å². The highest BCUT2D eigenvalue weighted by Crippen LogP contribution is 2.59. The monoisotopic (exact) mass is 612 g/mol. The highest BCUT2D eigenvalue weighted by atomic mass is 31.2. The third-order valence-corrected chi connectivity index (χ3v) is 6.74. The average molecular weight is 612 g/mol. The van der Waals surface area contributed by atoms with Gasteiger partial charge in [0, 0.05) is 7.11 Å². The fraction of sp³-hybridized carbons (Fsp3) is 0.192. The van der Waals surface area contributed by atoms with E-state index in [1.165, 1.54) is 7.11 Å². The van der Waals surface area contributed by atoms with Crippen LogP contribution in [0.4, 0.5) is 23.7 Å². The molecule has 0 bridgehead atoms. The Morgan fingerprint density at radius 1 is 0.905 bits per heavy atom. The fourth-order valence-electron chi connectivity index (χ4n) is 2.98. The maximum Gasteiger partial charge on any atom is 0.490 e. The number of alkyl halides is 3. The molecule has 1 amide bonds. The third kappa shape index (κ3) is 11.4. The number of methoxy groups -OCH3 is 1. The molecule has 1 atom stereocenters. The summed E-state index contributed by atoms with van der Waals surface area (Å²) in [5.74, 6) is -3.52. The van der Waals surface area contributed by atoms with Crippen molar-refractivity contribution < 1.29 is 51.0 Å². The van der Waals surface area contributed by atoms with Gasteiger partial charge in [-0.25, -0.2) is 19.1 Å². The first-order valence-corrected chi connectivity index (χ1v) is 13.5. The Bertz CT molecular complexity index is 1310. The Balaban J connectivity index is 0.000000782. The number of hydrogen-bond donors (Lipinski definition) is 4. The molecule has 3 aromatic rings. The van der Waals surface area contributed by atoms with Crippen molar-refractivity contribution in [2.45, 2.75) is 12.0 Å². The van der Waals surface area contributed by atoms with E-state index < -0.39 is 31.6 Å². The lowest BCUT2D eigenvalue weighted by molar-refractivity contribution is -0.192. The molecule has 6 N–H and O–H groups in total. The molecule has 16 heteroatoms. The number of aliphatic imine (C=N–C) groups is 1. The lowest BCUT2D eigenvalue weighted by atomic mass is 10.2. The number of amides is 1. The van der Waals surface area contributed by atoms with Gasteiger partial charge in [0.25, 0.3) is 0 Å². The minimum Gasteiger partial charge on any atom is -0.475 e. The molecule has 1 unspecified atom stereocenters. The summed E-state index contributed by atoms with van der Waals surface area (Å²) in [7, 11) is -2.68. The first-order valence-electron chi connectivity index (χ1n) is 11.8. The minimum atomic E-state index is -5.08. The van der Waals surface area contributed by atoms with Gasteiger partial charge in [-0.1, -0.05) is 48.5 Å². The van der Waals surface area contributed by atoms with Crippen LogP contribution < -0.4 is 25.8 Å².